The van der Waals surface area contributed by atoms with Crippen molar-refractivity contribution in [3.05, 3.63) is 65.9 Å². The fourth-order valence-corrected chi connectivity index (χ4v) is 3.92. The van der Waals surface area contributed by atoms with Gasteiger partial charge in [-0.3, -0.25) is 4.79 Å². The second kappa shape index (κ2) is 7.29. The lowest BCUT2D eigenvalue weighted by atomic mass is 10.1. The number of carbonyl (C=O) groups excluding carboxylic acids is 1. The van der Waals surface area contributed by atoms with Gasteiger partial charge in [-0.2, -0.15) is 4.37 Å². The Bertz CT molecular complexity index is 863. The molecular weight excluding hydrogens is 348 g/mol. The molecule has 0 bridgehead atoms. The van der Waals surface area contributed by atoms with Gasteiger partial charge in [0.05, 0.1) is 6.26 Å². The molecular formula is C19H20N4O2S. The van der Waals surface area contributed by atoms with Gasteiger partial charge in [-0.15, -0.1) is 0 Å². The summed E-state index contributed by atoms with van der Waals surface area (Å²) in [5, 5.41) is 0.924. The van der Waals surface area contributed by atoms with Crippen LogP contribution in [0.5, 0.6) is 0 Å². The number of amides is 1. The normalized spacial score (nSPS) is 17.5. The Hall–Kier alpha value is -2.67. The van der Waals surface area contributed by atoms with Crippen LogP contribution in [-0.2, 0) is 6.42 Å². The summed E-state index contributed by atoms with van der Waals surface area (Å²) in [6, 6.07) is 13.8. The van der Waals surface area contributed by atoms with E-state index >= 15 is 0 Å². The average molecular weight is 368 g/mol. The fraction of sp³-hybridized carbons (Fsp3) is 0.316. The number of carbonyl (C=O) groups is 1. The molecule has 0 saturated carbocycles. The van der Waals surface area contributed by atoms with Crippen molar-refractivity contribution in [1.82, 2.24) is 14.3 Å². The Balaban J connectivity index is 1.40. The third kappa shape index (κ3) is 3.48. The van der Waals surface area contributed by atoms with Crippen LogP contribution in [-0.4, -0.2) is 45.8 Å². The van der Waals surface area contributed by atoms with Crippen molar-refractivity contribution >= 4 is 22.6 Å². The van der Waals surface area contributed by atoms with Gasteiger partial charge in [0.25, 0.3) is 5.91 Å². The second-order valence-electron chi connectivity index (χ2n) is 6.43. The van der Waals surface area contributed by atoms with Crippen LogP contribution in [0.4, 0.5) is 5.13 Å². The van der Waals surface area contributed by atoms with Gasteiger partial charge in [0.15, 0.2) is 5.76 Å². The van der Waals surface area contributed by atoms with Gasteiger partial charge in [0.2, 0.25) is 5.13 Å². The molecule has 26 heavy (non-hydrogen) atoms. The quantitative estimate of drug-likeness (QED) is 0.708. The molecule has 0 aliphatic carbocycles. The Kier molecular flexibility index (Phi) is 4.71. The van der Waals surface area contributed by atoms with E-state index in [0.29, 0.717) is 12.3 Å². The molecule has 7 heteroatoms. The Morgan fingerprint density at radius 3 is 2.81 bits per heavy atom. The van der Waals surface area contributed by atoms with Crippen molar-refractivity contribution in [3.8, 4) is 0 Å². The predicted octanol–water partition coefficient (Wildman–Crippen LogP) is 3.07. The number of benzene rings is 1. The number of aromatic nitrogens is 2. The number of hydrogen-bond acceptors (Lipinski definition) is 6. The zero-order valence-corrected chi connectivity index (χ0v) is 15.4. The molecule has 1 atom stereocenters. The number of furan rings is 1. The van der Waals surface area contributed by atoms with Gasteiger partial charge in [0, 0.05) is 43.6 Å². The molecule has 134 valence electrons. The monoisotopic (exact) mass is 368 g/mol. The van der Waals surface area contributed by atoms with E-state index in [9.17, 15) is 4.79 Å². The van der Waals surface area contributed by atoms with E-state index in [1.54, 1.807) is 12.1 Å². The minimum absolute atomic E-state index is 0.0517. The molecule has 1 amide bonds. The largest absolute Gasteiger partial charge is 0.459 e. The third-order valence-electron chi connectivity index (χ3n) is 4.55. The first-order valence-corrected chi connectivity index (χ1v) is 9.44. The van der Waals surface area contributed by atoms with Crippen molar-refractivity contribution in [2.45, 2.75) is 19.4 Å². The Morgan fingerprint density at radius 2 is 2.08 bits per heavy atom. The van der Waals surface area contributed by atoms with Crippen molar-refractivity contribution in [3.63, 3.8) is 0 Å². The van der Waals surface area contributed by atoms with Crippen LogP contribution in [0.1, 0.15) is 28.9 Å². The van der Waals surface area contributed by atoms with Crippen LogP contribution in [0.15, 0.2) is 53.1 Å². The summed E-state index contributed by atoms with van der Waals surface area (Å²) >= 11 is 1.43. The van der Waals surface area contributed by atoms with Gasteiger partial charge < -0.3 is 14.2 Å². The average Bonchev–Trinajstić information content (AvgIpc) is 3.34. The fourth-order valence-electron chi connectivity index (χ4n) is 3.20. The summed E-state index contributed by atoms with van der Waals surface area (Å²) in [6.07, 6.45) is 2.27. The topological polar surface area (TPSA) is 62.5 Å². The van der Waals surface area contributed by atoms with E-state index in [4.69, 9.17) is 9.40 Å². The van der Waals surface area contributed by atoms with Crippen molar-refractivity contribution in [2.75, 3.05) is 24.5 Å². The number of anilines is 1. The van der Waals surface area contributed by atoms with Gasteiger partial charge in [-0.05, 0) is 24.6 Å². The van der Waals surface area contributed by atoms with Gasteiger partial charge in [-0.1, -0.05) is 30.3 Å². The number of piperazine rings is 1. The summed E-state index contributed by atoms with van der Waals surface area (Å²) in [5.74, 6) is 1.19. The van der Waals surface area contributed by atoms with Crippen molar-refractivity contribution in [1.29, 1.82) is 0 Å². The second-order valence-corrected chi connectivity index (χ2v) is 7.16. The molecule has 1 aromatic carbocycles. The summed E-state index contributed by atoms with van der Waals surface area (Å²) < 4.78 is 9.74. The van der Waals surface area contributed by atoms with Crippen molar-refractivity contribution < 1.29 is 9.21 Å². The highest BCUT2D eigenvalue weighted by molar-refractivity contribution is 7.09. The molecule has 1 aliphatic heterocycles. The molecule has 3 aromatic rings. The van der Waals surface area contributed by atoms with Crippen molar-refractivity contribution in [2.24, 2.45) is 0 Å². The van der Waals surface area contributed by atoms with Crippen LogP contribution < -0.4 is 4.90 Å². The lowest BCUT2D eigenvalue weighted by Gasteiger charge is -2.39. The third-order valence-corrected chi connectivity index (χ3v) is 5.37. The zero-order chi connectivity index (χ0) is 17.9. The summed E-state index contributed by atoms with van der Waals surface area (Å²) in [7, 11) is 0. The standard InChI is InChI=1S/C19H20N4O2S/c1-14-13-22(9-10-23(14)18(24)16-8-5-11-25-16)19-20-17(21-26-19)12-15-6-3-2-4-7-15/h2-8,11,14H,9-10,12-13H2,1H3. The highest BCUT2D eigenvalue weighted by atomic mass is 32.1. The zero-order valence-electron chi connectivity index (χ0n) is 14.5. The first-order valence-electron chi connectivity index (χ1n) is 8.66. The van der Waals surface area contributed by atoms with Crippen LogP contribution in [0.3, 0.4) is 0 Å². The van der Waals surface area contributed by atoms with E-state index in [-0.39, 0.29) is 11.9 Å². The Labute approximate surface area is 156 Å². The van der Waals surface area contributed by atoms with Gasteiger partial charge in [-0.25, -0.2) is 4.98 Å². The molecule has 1 fully saturated rings. The SMILES string of the molecule is CC1CN(c2nc(Cc3ccccc3)ns2)CCN1C(=O)c1ccco1. The molecule has 1 unspecified atom stereocenters. The molecule has 1 saturated heterocycles. The minimum atomic E-state index is -0.0517. The summed E-state index contributed by atoms with van der Waals surface area (Å²) in [4.78, 5) is 21.3. The molecule has 3 heterocycles. The van der Waals surface area contributed by atoms with Gasteiger partial charge >= 0.3 is 0 Å². The number of nitrogens with zero attached hydrogens (tertiary/aromatic N) is 4. The maximum atomic E-state index is 12.5. The molecule has 6 nitrogen and oxygen atoms in total. The number of rotatable bonds is 4. The van der Waals surface area contributed by atoms with Crippen LogP contribution in [0.25, 0.3) is 0 Å². The number of hydrogen-bond donors (Lipinski definition) is 0. The summed E-state index contributed by atoms with van der Waals surface area (Å²) in [5.41, 5.74) is 1.21. The van der Waals surface area contributed by atoms with Gasteiger partial charge in [0.1, 0.15) is 5.82 Å². The highest BCUT2D eigenvalue weighted by Gasteiger charge is 2.30. The van der Waals surface area contributed by atoms with Crippen LogP contribution in [0.2, 0.25) is 0 Å². The first kappa shape index (κ1) is 16.8. The molecule has 4 rings (SSSR count). The molecule has 0 spiro atoms. The van der Waals surface area contributed by atoms with E-state index in [2.05, 4.69) is 28.3 Å². The van der Waals surface area contributed by atoms with E-state index < -0.39 is 0 Å². The lowest BCUT2D eigenvalue weighted by molar-refractivity contribution is 0.0641. The predicted molar refractivity (Wildman–Crippen MR) is 101 cm³/mol. The summed E-state index contributed by atoms with van der Waals surface area (Å²) in [6.45, 7) is 4.19. The first-order chi connectivity index (χ1) is 12.7. The van der Waals surface area contributed by atoms with Crippen LogP contribution in [0, 0.1) is 0 Å². The minimum Gasteiger partial charge on any atom is -0.459 e. The van der Waals surface area contributed by atoms with E-state index in [1.807, 2.05) is 23.1 Å². The van der Waals surface area contributed by atoms with E-state index in [1.165, 1.54) is 23.4 Å². The molecule has 0 radical (unpaired) electrons. The maximum Gasteiger partial charge on any atom is 0.289 e. The van der Waals surface area contributed by atoms with E-state index in [0.717, 1.165) is 30.5 Å². The molecule has 1 aliphatic rings. The molecule has 2 aromatic heterocycles. The molecule has 0 N–H and O–H groups in total. The Morgan fingerprint density at radius 1 is 1.23 bits per heavy atom. The lowest BCUT2D eigenvalue weighted by Crippen LogP contribution is -2.54. The smallest absolute Gasteiger partial charge is 0.289 e. The maximum absolute atomic E-state index is 12.5. The highest BCUT2D eigenvalue weighted by Crippen LogP contribution is 2.23. The van der Waals surface area contributed by atoms with Crippen LogP contribution >= 0.6 is 11.5 Å².